The summed E-state index contributed by atoms with van der Waals surface area (Å²) in [5.41, 5.74) is 1.65. The lowest BCUT2D eigenvalue weighted by Crippen LogP contribution is -2.49. The minimum Gasteiger partial charge on any atom is -0.376 e. The highest BCUT2D eigenvalue weighted by atomic mass is 16.2. The maximum absolute atomic E-state index is 12.4. The highest BCUT2D eigenvalue weighted by molar-refractivity contribution is 5.94. The van der Waals surface area contributed by atoms with Gasteiger partial charge in [0.2, 0.25) is 0 Å². The molecule has 0 atom stereocenters. The van der Waals surface area contributed by atoms with Gasteiger partial charge < -0.3 is 14.7 Å². The molecule has 2 aromatic rings. The van der Waals surface area contributed by atoms with Crippen LogP contribution in [0.5, 0.6) is 0 Å². The summed E-state index contributed by atoms with van der Waals surface area (Å²) in [4.78, 5) is 22.4. The topological polar surface area (TPSA) is 65.5 Å². The van der Waals surface area contributed by atoms with E-state index in [1.807, 2.05) is 30.0 Å². The van der Waals surface area contributed by atoms with Crippen molar-refractivity contribution in [1.82, 2.24) is 20.1 Å². The zero-order valence-corrected chi connectivity index (χ0v) is 13.4. The molecule has 2 aromatic heterocycles. The molecule has 1 saturated heterocycles. The number of rotatable bonds is 3. The third-order valence-corrected chi connectivity index (χ3v) is 3.94. The first kappa shape index (κ1) is 15.2. The van der Waals surface area contributed by atoms with E-state index in [1.165, 1.54) is 0 Å². The Balaban J connectivity index is 1.64. The summed E-state index contributed by atoms with van der Waals surface area (Å²) in [5.74, 6) is 0.885. The van der Waals surface area contributed by atoms with E-state index in [0.29, 0.717) is 18.7 Å². The summed E-state index contributed by atoms with van der Waals surface area (Å²) in [6, 6.07) is 5.60. The fraction of sp³-hybridized carbons (Fsp3) is 0.375. The highest BCUT2D eigenvalue weighted by Crippen LogP contribution is 2.19. The molecule has 0 spiro atoms. The van der Waals surface area contributed by atoms with Gasteiger partial charge in [-0.15, -0.1) is 5.10 Å². The van der Waals surface area contributed by atoms with E-state index < -0.39 is 0 Å². The van der Waals surface area contributed by atoms with E-state index in [4.69, 9.17) is 0 Å². The minimum absolute atomic E-state index is 0.0332. The summed E-state index contributed by atoms with van der Waals surface area (Å²) < 4.78 is 0. The largest absolute Gasteiger partial charge is 0.376 e. The molecule has 0 aromatic carbocycles. The third-order valence-electron chi connectivity index (χ3n) is 3.94. The molecular formula is C16H20N6O. The Labute approximate surface area is 135 Å². The maximum atomic E-state index is 12.4. The Morgan fingerprint density at radius 3 is 2.61 bits per heavy atom. The van der Waals surface area contributed by atoms with Crippen LogP contribution in [0.15, 0.2) is 36.8 Å². The zero-order chi connectivity index (χ0) is 16.2. The van der Waals surface area contributed by atoms with Gasteiger partial charge in [-0.2, -0.15) is 5.10 Å². The monoisotopic (exact) mass is 312 g/mol. The average Bonchev–Trinajstić information content (AvgIpc) is 2.62. The fourth-order valence-corrected chi connectivity index (χ4v) is 2.56. The smallest absolute Gasteiger partial charge is 0.255 e. The van der Waals surface area contributed by atoms with E-state index in [1.54, 1.807) is 30.7 Å². The minimum atomic E-state index is 0.0332. The van der Waals surface area contributed by atoms with Crippen LogP contribution in [-0.2, 0) is 0 Å². The van der Waals surface area contributed by atoms with Crippen molar-refractivity contribution in [3.63, 3.8) is 0 Å². The summed E-state index contributed by atoms with van der Waals surface area (Å²) in [7, 11) is 3.95. The van der Waals surface area contributed by atoms with Crippen molar-refractivity contribution in [2.24, 2.45) is 0 Å². The second-order valence-electron chi connectivity index (χ2n) is 5.69. The molecular weight excluding hydrogens is 292 g/mol. The normalized spacial score (nSPS) is 14.7. The van der Waals surface area contributed by atoms with Crippen molar-refractivity contribution in [2.75, 3.05) is 50.1 Å². The van der Waals surface area contributed by atoms with Gasteiger partial charge in [-0.1, -0.05) is 0 Å². The van der Waals surface area contributed by atoms with Crippen molar-refractivity contribution in [2.45, 2.75) is 0 Å². The van der Waals surface area contributed by atoms with Crippen LogP contribution in [0, 0.1) is 0 Å². The molecule has 3 heterocycles. The highest BCUT2D eigenvalue weighted by Gasteiger charge is 2.23. The molecule has 7 heteroatoms. The Bertz CT molecular complexity index is 667. The van der Waals surface area contributed by atoms with Crippen LogP contribution >= 0.6 is 0 Å². The van der Waals surface area contributed by atoms with Crippen LogP contribution in [-0.4, -0.2) is 66.3 Å². The number of amides is 1. The number of pyridine rings is 1. The van der Waals surface area contributed by atoms with Gasteiger partial charge in [0.25, 0.3) is 5.91 Å². The number of hydrogen-bond acceptors (Lipinski definition) is 6. The molecule has 120 valence electrons. The molecule has 1 fully saturated rings. The first-order valence-electron chi connectivity index (χ1n) is 7.59. The first-order valence-corrected chi connectivity index (χ1v) is 7.59. The number of anilines is 2. The predicted molar refractivity (Wildman–Crippen MR) is 88.7 cm³/mol. The molecule has 0 N–H and O–H groups in total. The number of carbonyl (C=O) groups excluding carboxylic acids is 1. The van der Waals surface area contributed by atoms with Crippen LogP contribution in [0.2, 0.25) is 0 Å². The van der Waals surface area contributed by atoms with Crippen molar-refractivity contribution in [3.8, 4) is 0 Å². The lowest BCUT2D eigenvalue weighted by Gasteiger charge is -2.35. The summed E-state index contributed by atoms with van der Waals surface area (Å²) in [6.45, 7) is 2.83. The van der Waals surface area contributed by atoms with Crippen LogP contribution in [0.3, 0.4) is 0 Å². The number of hydrogen-bond donors (Lipinski definition) is 0. The maximum Gasteiger partial charge on any atom is 0.255 e. The van der Waals surface area contributed by atoms with Crippen LogP contribution in [0.25, 0.3) is 0 Å². The summed E-state index contributed by atoms with van der Waals surface area (Å²) in [5, 5.41) is 8.27. The van der Waals surface area contributed by atoms with E-state index in [9.17, 15) is 4.79 Å². The third kappa shape index (κ3) is 3.39. The van der Waals surface area contributed by atoms with Crippen molar-refractivity contribution < 1.29 is 4.79 Å². The van der Waals surface area contributed by atoms with Crippen LogP contribution < -0.4 is 9.80 Å². The lowest BCUT2D eigenvalue weighted by atomic mass is 10.2. The molecule has 23 heavy (non-hydrogen) atoms. The van der Waals surface area contributed by atoms with Gasteiger partial charge in [0, 0.05) is 58.7 Å². The van der Waals surface area contributed by atoms with Gasteiger partial charge in [0.15, 0.2) is 5.82 Å². The average molecular weight is 312 g/mol. The molecule has 1 aliphatic heterocycles. The van der Waals surface area contributed by atoms with Crippen molar-refractivity contribution in [1.29, 1.82) is 0 Å². The lowest BCUT2D eigenvalue weighted by molar-refractivity contribution is 0.0746. The van der Waals surface area contributed by atoms with Crippen molar-refractivity contribution in [3.05, 3.63) is 42.4 Å². The fourth-order valence-electron chi connectivity index (χ4n) is 2.56. The van der Waals surface area contributed by atoms with Gasteiger partial charge >= 0.3 is 0 Å². The van der Waals surface area contributed by atoms with Gasteiger partial charge in [0.05, 0.1) is 17.4 Å². The second kappa shape index (κ2) is 6.60. The Morgan fingerprint density at radius 2 is 1.96 bits per heavy atom. The van der Waals surface area contributed by atoms with E-state index in [2.05, 4.69) is 20.1 Å². The number of carbonyl (C=O) groups is 1. The molecule has 0 unspecified atom stereocenters. The standard InChI is InChI=1S/C16H20N6O/c1-20(2)14-10-15(19-18-12-14)21-6-8-22(9-7-21)16(23)13-4-3-5-17-11-13/h3-5,10-12H,6-9H2,1-2H3. The Morgan fingerprint density at radius 1 is 1.17 bits per heavy atom. The molecule has 0 saturated carbocycles. The molecule has 1 amide bonds. The first-order chi connectivity index (χ1) is 11.1. The van der Waals surface area contributed by atoms with Gasteiger partial charge in [-0.3, -0.25) is 9.78 Å². The predicted octanol–water partition coefficient (Wildman–Crippen LogP) is 0.900. The number of piperazine rings is 1. The molecule has 0 bridgehead atoms. The molecule has 3 rings (SSSR count). The second-order valence-corrected chi connectivity index (χ2v) is 5.69. The zero-order valence-electron chi connectivity index (χ0n) is 13.4. The van der Waals surface area contributed by atoms with E-state index in [0.717, 1.165) is 24.6 Å². The van der Waals surface area contributed by atoms with Crippen LogP contribution in [0.1, 0.15) is 10.4 Å². The van der Waals surface area contributed by atoms with Crippen LogP contribution in [0.4, 0.5) is 11.5 Å². The van der Waals surface area contributed by atoms with Crippen molar-refractivity contribution >= 4 is 17.4 Å². The number of nitrogens with zero attached hydrogens (tertiary/aromatic N) is 6. The molecule has 0 radical (unpaired) electrons. The molecule has 1 aliphatic rings. The number of aromatic nitrogens is 3. The SMILES string of the molecule is CN(C)c1cnnc(N2CCN(C(=O)c3cccnc3)CC2)c1. The van der Waals surface area contributed by atoms with E-state index in [-0.39, 0.29) is 5.91 Å². The quantitative estimate of drug-likeness (QED) is 0.839. The molecule has 7 nitrogen and oxygen atoms in total. The Kier molecular flexibility index (Phi) is 4.36. The molecule has 0 aliphatic carbocycles. The van der Waals surface area contributed by atoms with Gasteiger partial charge in [-0.05, 0) is 12.1 Å². The van der Waals surface area contributed by atoms with E-state index >= 15 is 0 Å². The summed E-state index contributed by atoms with van der Waals surface area (Å²) in [6.07, 6.45) is 5.03. The summed E-state index contributed by atoms with van der Waals surface area (Å²) >= 11 is 0. The Hall–Kier alpha value is -2.70. The van der Waals surface area contributed by atoms with Gasteiger partial charge in [-0.25, -0.2) is 0 Å². The van der Waals surface area contributed by atoms with Gasteiger partial charge in [0.1, 0.15) is 0 Å².